The van der Waals surface area contributed by atoms with Gasteiger partial charge in [-0.3, -0.25) is 4.90 Å². The van der Waals surface area contributed by atoms with Crippen LogP contribution in [-0.4, -0.2) is 49.3 Å². The maximum atomic E-state index is 5.30. The highest BCUT2D eigenvalue weighted by atomic mass is 16.5. The fraction of sp³-hybridized carbons (Fsp3) is 1.00. The lowest BCUT2D eigenvalue weighted by atomic mass is 9.88. The van der Waals surface area contributed by atoms with Gasteiger partial charge in [0, 0.05) is 18.1 Å². The molecule has 0 aromatic rings. The Labute approximate surface area is 99.5 Å². The second-order valence-electron chi connectivity index (χ2n) is 5.64. The van der Waals surface area contributed by atoms with E-state index in [-0.39, 0.29) is 0 Å². The topological polar surface area (TPSA) is 24.5 Å². The predicted octanol–water partition coefficient (Wildman–Crippen LogP) is 1.63. The van der Waals surface area contributed by atoms with Crippen LogP contribution in [0.2, 0.25) is 0 Å². The standard InChI is InChI=1S/C13H26N2O/c1-10(2)14-12-6-4-5-7-13(12)15(3)11-8-16-9-11/h10-14H,4-9H2,1-3H3/t12-,13-/m0/s1. The molecule has 2 fully saturated rings. The van der Waals surface area contributed by atoms with Crippen molar-refractivity contribution in [2.24, 2.45) is 0 Å². The lowest BCUT2D eigenvalue weighted by molar-refractivity contribution is -0.0779. The molecule has 0 radical (unpaired) electrons. The largest absolute Gasteiger partial charge is 0.378 e. The predicted molar refractivity (Wildman–Crippen MR) is 66.7 cm³/mol. The van der Waals surface area contributed by atoms with Gasteiger partial charge < -0.3 is 10.1 Å². The molecule has 0 spiro atoms. The van der Waals surface area contributed by atoms with Crippen LogP contribution in [0.1, 0.15) is 39.5 Å². The molecule has 1 aliphatic heterocycles. The molecule has 3 nitrogen and oxygen atoms in total. The Morgan fingerprint density at radius 3 is 2.44 bits per heavy atom. The van der Waals surface area contributed by atoms with Gasteiger partial charge in [0.25, 0.3) is 0 Å². The first-order valence-corrected chi connectivity index (χ1v) is 6.74. The number of hydrogen-bond acceptors (Lipinski definition) is 3. The molecule has 3 heteroatoms. The van der Waals surface area contributed by atoms with Crippen LogP contribution in [0.5, 0.6) is 0 Å². The molecule has 0 unspecified atom stereocenters. The average molecular weight is 226 g/mol. The summed E-state index contributed by atoms with van der Waals surface area (Å²) in [6.07, 6.45) is 5.45. The smallest absolute Gasteiger partial charge is 0.0645 e. The molecule has 0 aromatic carbocycles. The summed E-state index contributed by atoms with van der Waals surface area (Å²) in [6.45, 7) is 6.36. The quantitative estimate of drug-likeness (QED) is 0.788. The third-order valence-corrected chi connectivity index (χ3v) is 4.00. The van der Waals surface area contributed by atoms with Gasteiger partial charge in [-0.1, -0.05) is 26.7 Å². The zero-order valence-corrected chi connectivity index (χ0v) is 10.9. The molecule has 1 saturated carbocycles. The summed E-state index contributed by atoms with van der Waals surface area (Å²) in [5, 5.41) is 3.73. The van der Waals surface area contributed by atoms with Crippen molar-refractivity contribution in [3.8, 4) is 0 Å². The molecule has 0 amide bonds. The monoisotopic (exact) mass is 226 g/mol. The Bertz CT molecular complexity index is 216. The molecule has 0 aromatic heterocycles. The molecule has 2 aliphatic rings. The Hall–Kier alpha value is -0.120. The molecule has 2 atom stereocenters. The summed E-state index contributed by atoms with van der Waals surface area (Å²) in [7, 11) is 2.28. The van der Waals surface area contributed by atoms with E-state index in [1.807, 2.05) is 0 Å². The van der Waals surface area contributed by atoms with Crippen molar-refractivity contribution in [3.63, 3.8) is 0 Å². The molecule has 1 N–H and O–H groups in total. The third-order valence-electron chi connectivity index (χ3n) is 4.00. The molecule has 1 aliphatic carbocycles. The summed E-state index contributed by atoms with van der Waals surface area (Å²) >= 11 is 0. The van der Waals surface area contributed by atoms with E-state index in [4.69, 9.17) is 4.74 Å². The van der Waals surface area contributed by atoms with Crippen LogP contribution < -0.4 is 5.32 Å². The Morgan fingerprint density at radius 1 is 1.19 bits per heavy atom. The van der Waals surface area contributed by atoms with Gasteiger partial charge in [-0.15, -0.1) is 0 Å². The number of nitrogens with zero attached hydrogens (tertiary/aromatic N) is 1. The molecule has 1 heterocycles. The van der Waals surface area contributed by atoms with E-state index < -0.39 is 0 Å². The van der Waals surface area contributed by atoms with Gasteiger partial charge >= 0.3 is 0 Å². The molecular formula is C13H26N2O. The van der Waals surface area contributed by atoms with Crippen molar-refractivity contribution >= 4 is 0 Å². The van der Waals surface area contributed by atoms with Crippen molar-refractivity contribution in [1.82, 2.24) is 10.2 Å². The van der Waals surface area contributed by atoms with Crippen LogP contribution in [0, 0.1) is 0 Å². The number of hydrogen-bond donors (Lipinski definition) is 1. The Morgan fingerprint density at radius 2 is 1.88 bits per heavy atom. The highest BCUT2D eigenvalue weighted by Gasteiger charge is 2.34. The number of rotatable bonds is 4. The second kappa shape index (κ2) is 5.48. The summed E-state index contributed by atoms with van der Waals surface area (Å²) in [4.78, 5) is 2.56. The van der Waals surface area contributed by atoms with Crippen molar-refractivity contribution in [1.29, 1.82) is 0 Å². The maximum absolute atomic E-state index is 5.30. The van der Waals surface area contributed by atoms with Gasteiger partial charge in [-0.05, 0) is 19.9 Å². The van der Waals surface area contributed by atoms with E-state index in [0.717, 1.165) is 13.2 Å². The third kappa shape index (κ3) is 2.76. The molecule has 1 saturated heterocycles. The summed E-state index contributed by atoms with van der Waals surface area (Å²) < 4.78 is 5.30. The minimum absolute atomic E-state index is 0.594. The Balaban J connectivity index is 1.92. The van der Waals surface area contributed by atoms with Crippen LogP contribution >= 0.6 is 0 Å². The number of likely N-dealkylation sites (N-methyl/N-ethyl adjacent to an activating group) is 1. The van der Waals surface area contributed by atoms with Crippen LogP contribution in [0.15, 0.2) is 0 Å². The van der Waals surface area contributed by atoms with Gasteiger partial charge in [0.15, 0.2) is 0 Å². The van der Waals surface area contributed by atoms with E-state index >= 15 is 0 Å². The maximum Gasteiger partial charge on any atom is 0.0645 e. The molecule has 16 heavy (non-hydrogen) atoms. The van der Waals surface area contributed by atoms with E-state index in [1.165, 1.54) is 25.7 Å². The molecular weight excluding hydrogens is 200 g/mol. The van der Waals surface area contributed by atoms with E-state index in [9.17, 15) is 0 Å². The van der Waals surface area contributed by atoms with Crippen molar-refractivity contribution in [2.75, 3.05) is 20.3 Å². The molecule has 2 rings (SSSR count). The second-order valence-corrected chi connectivity index (χ2v) is 5.64. The van der Waals surface area contributed by atoms with Crippen LogP contribution in [0.3, 0.4) is 0 Å². The highest BCUT2D eigenvalue weighted by molar-refractivity contribution is 4.91. The van der Waals surface area contributed by atoms with Crippen molar-refractivity contribution in [3.05, 3.63) is 0 Å². The van der Waals surface area contributed by atoms with Crippen LogP contribution in [-0.2, 0) is 4.74 Å². The van der Waals surface area contributed by atoms with Crippen molar-refractivity contribution in [2.45, 2.75) is 63.7 Å². The van der Waals surface area contributed by atoms with Crippen LogP contribution in [0.4, 0.5) is 0 Å². The molecule has 94 valence electrons. The molecule has 0 bridgehead atoms. The van der Waals surface area contributed by atoms with Gasteiger partial charge in [-0.2, -0.15) is 0 Å². The minimum atomic E-state index is 0.594. The lowest BCUT2D eigenvalue weighted by Gasteiger charge is -2.45. The van der Waals surface area contributed by atoms with Gasteiger partial charge in [-0.25, -0.2) is 0 Å². The zero-order chi connectivity index (χ0) is 11.5. The van der Waals surface area contributed by atoms with Gasteiger partial charge in [0.1, 0.15) is 0 Å². The normalized spacial score (nSPS) is 32.1. The van der Waals surface area contributed by atoms with E-state index in [0.29, 0.717) is 24.2 Å². The van der Waals surface area contributed by atoms with E-state index in [1.54, 1.807) is 0 Å². The number of nitrogens with one attached hydrogen (secondary N) is 1. The fourth-order valence-electron chi connectivity index (χ4n) is 2.95. The van der Waals surface area contributed by atoms with E-state index in [2.05, 4.69) is 31.1 Å². The fourth-order valence-corrected chi connectivity index (χ4v) is 2.95. The van der Waals surface area contributed by atoms with Crippen molar-refractivity contribution < 1.29 is 4.74 Å². The average Bonchev–Trinajstić information content (AvgIpc) is 2.14. The zero-order valence-electron chi connectivity index (χ0n) is 10.9. The summed E-state index contributed by atoms with van der Waals surface area (Å²) in [5.41, 5.74) is 0. The SMILES string of the molecule is CC(C)N[C@H]1CCCC[C@@H]1N(C)C1COC1. The Kier molecular flexibility index (Phi) is 4.22. The first kappa shape index (κ1) is 12.3. The van der Waals surface area contributed by atoms with Gasteiger partial charge in [0.2, 0.25) is 0 Å². The summed E-state index contributed by atoms with van der Waals surface area (Å²) in [6, 6.07) is 2.65. The highest BCUT2D eigenvalue weighted by Crippen LogP contribution is 2.25. The first-order chi connectivity index (χ1) is 7.68. The lowest BCUT2D eigenvalue weighted by Crippen LogP contribution is -2.59. The number of ether oxygens (including phenoxy) is 1. The summed E-state index contributed by atoms with van der Waals surface area (Å²) in [5.74, 6) is 0. The first-order valence-electron chi connectivity index (χ1n) is 6.74. The van der Waals surface area contributed by atoms with Crippen LogP contribution in [0.25, 0.3) is 0 Å². The minimum Gasteiger partial charge on any atom is -0.378 e. The van der Waals surface area contributed by atoms with Gasteiger partial charge in [0.05, 0.1) is 19.3 Å².